The topological polar surface area (TPSA) is 40.1 Å². The summed E-state index contributed by atoms with van der Waals surface area (Å²) in [6.45, 7) is 1.54. The maximum atomic E-state index is 9.26. The third kappa shape index (κ3) is 30.8. The van der Waals surface area contributed by atoms with Gasteiger partial charge in [-0.05, 0) is 6.42 Å². The molecule has 2 nitrogen and oxygen atoms in total. The number of halogens is 2. The Bertz CT molecular complexity index is 50.5. The van der Waals surface area contributed by atoms with Crippen molar-refractivity contribution < 1.29 is 52.1 Å². The molecule has 0 aliphatic rings. The normalized spacial score (nSPS) is 4.62. The summed E-state index contributed by atoms with van der Waals surface area (Å²) >= 11 is 0. The molecule has 0 rings (SSSR count). The summed E-state index contributed by atoms with van der Waals surface area (Å²) in [5.74, 6) is -0.995. The van der Waals surface area contributed by atoms with Crippen molar-refractivity contribution in [3.63, 3.8) is 0 Å². The summed E-state index contributed by atoms with van der Waals surface area (Å²) in [6.07, 6.45) is 0.111. The van der Waals surface area contributed by atoms with Gasteiger partial charge in [0.15, 0.2) is 0 Å². The van der Waals surface area contributed by atoms with Crippen LogP contribution in [0.15, 0.2) is 0 Å². The van der Waals surface area contributed by atoms with Crippen LogP contribution in [0.2, 0.25) is 0 Å². The second-order valence-electron chi connectivity index (χ2n) is 0.726. The second-order valence-corrected chi connectivity index (χ2v) is 0.726. The summed E-state index contributed by atoms with van der Waals surface area (Å²) in [5.41, 5.74) is 0. The van der Waals surface area contributed by atoms with Crippen molar-refractivity contribution in [3.8, 4) is 0 Å². The molecule has 0 fully saturated rings. The summed E-state index contributed by atoms with van der Waals surface area (Å²) < 4.78 is 0. The number of carboxylic acid groups (broad SMARTS) is 1. The average molecular weight is 196 g/mol. The smallest absolute Gasteiger partial charge is 1.00 e. The van der Waals surface area contributed by atoms with E-state index < -0.39 is 5.97 Å². The SMILES string of the molecule is CCC(=O)[O-].[Cl-].[Cl-].[Cr+3]. The minimum atomic E-state index is -0.995. The quantitative estimate of drug-likeness (QED) is 0.418. The first-order valence-electron chi connectivity index (χ1n) is 1.47. The standard InChI is InChI=1S/C3H6O2.2ClH.Cr/c1-2-3(4)5;;;/h2H2,1H3,(H,4,5);2*1H;/q;;;+3/p-3. The number of hydrogen-bond donors (Lipinski definition) is 0. The summed E-state index contributed by atoms with van der Waals surface area (Å²) in [5, 5.41) is 9.26. The largest absolute Gasteiger partial charge is 3.00 e. The van der Waals surface area contributed by atoms with Crippen LogP contribution < -0.4 is 29.9 Å². The molecule has 0 aromatic heterocycles. The van der Waals surface area contributed by atoms with Gasteiger partial charge < -0.3 is 34.7 Å². The first kappa shape index (κ1) is 23.5. The van der Waals surface area contributed by atoms with Gasteiger partial charge >= 0.3 is 17.4 Å². The van der Waals surface area contributed by atoms with E-state index in [2.05, 4.69) is 0 Å². The van der Waals surface area contributed by atoms with Crippen LogP contribution in [0.5, 0.6) is 0 Å². The molecule has 0 amide bonds. The Morgan fingerprint density at radius 3 is 1.62 bits per heavy atom. The Balaban J connectivity index is -0.0000000267. The predicted molar refractivity (Wildman–Crippen MR) is 15.3 cm³/mol. The number of aliphatic carboxylic acids is 1. The van der Waals surface area contributed by atoms with E-state index in [4.69, 9.17) is 0 Å². The van der Waals surface area contributed by atoms with Crippen LogP contribution in [0.3, 0.4) is 0 Å². The van der Waals surface area contributed by atoms with Gasteiger partial charge in [0.05, 0.1) is 0 Å². The Kier molecular flexibility index (Phi) is 46.0. The zero-order valence-electron chi connectivity index (χ0n) is 4.19. The minimum Gasteiger partial charge on any atom is -1.00 e. The molecule has 0 bridgehead atoms. The molecule has 0 heterocycles. The van der Waals surface area contributed by atoms with Crippen molar-refractivity contribution >= 4 is 5.97 Å². The van der Waals surface area contributed by atoms with Crippen LogP contribution in [0.25, 0.3) is 0 Å². The summed E-state index contributed by atoms with van der Waals surface area (Å²) in [7, 11) is 0. The predicted octanol–water partition coefficient (Wildman–Crippen LogP) is -6.85. The Labute approximate surface area is 71.6 Å². The van der Waals surface area contributed by atoms with Gasteiger partial charge in [-0.1, -0.05) is 6.92 Å². The van der Waals surface area contributed by atoms with Gasteiger partial charge in [0, 0.05) is 5.97 Å². The van der Waals surface area contributed by atoms with E-state index in [9.17, 15) is 9.90 Å². The van der Waals surface area contributed by atoms with E-state index in [0.29, 0.717) is 0 Å². The van der Waals surface area contributed by atoms with Gasteiger partial charge in [0.25, 0.3) is 0 Å². The number of carboxylic acids is 1. The van der Waals surface area contributed by atoms with Crippen molar-refractivity contribution in [1.82, 2.24) is 0 Å². The van der Waals surface area contributed by atoms with E-state index in [0.717, 1.165) is 0 Å². The third-order valence-corrected chi connectivity index (χ3v) is 0.289. The molecule has 5 heteroatoms. The fourth-order valence-corrected chi connectivity index (χ4v) is 0. The molecule has 0 saturated carbocycles. The number of carbonyl (C=O) groups excluding carboxylic acids is 1. The van der Waals surface area contributed by atoms with Gasteiger partial charge in [-0.2, -0.15) is 0 Å². The molecule has 49 valence electrons. The van der Waals surface area contributed by atoms with Crippen LogP contribution >= 0.6 is 0 Å². The van der Waals surface area contributed by atoms with E-state index in [1.54, 1.807) is 0 Å². The molecule has 0 spiro atoms. The maximum Gasteiger partial charge on any atom is 3.00 e. The molecule has 0 saturated heterocycles. The average Bonchev–Trinajstić information content (AvgIpc) is 1.38. The van der Waals surface area contributed by atoms with Crippen molar-refractivity contribution in [2.24, 2.45) is 0 Å². The van der Waals surface area contributed by atoms with Crippen molar-refractivity contribution in [2.45, 2.75) is 13.3 Å². The Morgan fingerprint density at radius 2 is 1.62 bits per heavy atom. The van der Waals surface area contributed by atoms with E-state index in [-0.39, 0.29) is 48.6 Å². The molecule has 1 radical (unpaired) electrons. The molecule has 0 aliphatic heterocycles. The van der Waals surface area contributed by atoms with Gasteiger partial charge in [0.2, 0.25) is 0 Å². The maximum absolute atomic E-state index is 9.26. The number of carbonyl (C=O) groups is 1. The second kappa shape index (κ2) is 15.6. The molecule has 0 N–H and O–H groups in total. The van der Waals surface area contributed by atoms with E-state index in [1.807, 2.05) is 0 Å². The van der Waals surface area contributed by atoms with Crippen LogP contribution in [0.4, 0.5) is 0 Å². The fraction of sp³-hybridized carbons (Fsp3) is 0.667. The molecule has 0 aromatic rings. The van der Waals surface area contributed by atoms with Crippen molar-refractivity contribution in [2.75, 3.05) is 0 Å². The number of rotatable bonds is 1. The van der Waals surface area contributed by atoms with Crippen LogP contribution in [-0.2, 0) is 22.2 Å². The molecular formula is C3H5Cl2CrO2. The van der Waals surface area contributed by atoms with Crippen molar-refractivity contribution in [3.05, 3.63) is 0 Å². The van der Waals surface area contributed by atoms with Gasteiger partial charge in [-0.3, -0.25) is 0 Å². The molecule has 0 unspecified atom stereocenters. The first-order chi connectivity index (χ1) is 2.27. The fourth-order valence-electron chi connectivity index (χ4n) is 0. The molecule has 0 aliphatic carbocycles. The molecular weight excluding hydrogens is 191 g/mol. The molecule has 8 heavy (non-hydrogen) atoms. The Morgan fingerprint density at radius 1 is 1.50 bits per heavy atom. The van der Waals surface area contributed by atoms with Crippen molar-refractivity contribution in [1.29, 1.82) is 0 Å². The van der Waals surface area contributed by atoms with Crippen LogP contribution in [0.1, 0.15) is 13.3 Å². The molecule has 0 atom stereocenters. The summed E-state index contributed by atoms with van der Waals surface area (Å²) in [6, 6.07) is 0. The van der Waals surface area contributed by atoms with Gasteiger partial charge in [-0.25, -0.2) is 0 Å². The Hall–Kier alpha value is 0.582. The summed E-state index contributed by atoms with van der Waals surface area (Å²) in [4.78, 5) is 9.26. The van der Waals surface area contributed by atoms with E-state index >= 15 is 0 Å². The van der Waals surface area contributed by atoms with E-state index in [1.165, 1.54) is 6.92 Å². The third-order valence-electron chi connectivity index (χ3n) is 0.289. The van der Waals surface area contributed by atoms with Crippen LogP contribution in [-0.4, -0.2) is 5.97 Å². The first-order valence-corrected chi connectivity index (χ1v) is 1.47. The monoisotopic (exact) mass is 195 g/mol. The van der Waals surface area contributed by atoms with Gasteiger partial charge in [-0.15, -0.1) is 0 Å². The van der Waals surface area contributed by atoms with Gasteiger partial charge in [0.1, 0.15) is 0 Å². The zero-order valence-corrected chi connectivity index (χ0v) is 6.97. The van der Waals surface area contributed by atoms with Crippen LogP contribution in [0, 0.1) is 0 Å². The number of hydrogen-bond acceptors (Lipinski definition) is 2. The zero-order chi connectivity index (χ0) is 4.28. The molecule has 0 aromatic carbocycles. The minimum absolute atomic E-state index is 0.